The van der Waals surface area contributed by atoms with E-state index in [2.05, 4.69) is 15.9 Å². The van der Waals surface area contributed by atoms with E-state index >= 15 is 0 Å². The van der Waals surface area contributed by atoms with E-state index in [1.54, 1.807) is 19.1 Å². The molecule has 1 nitrogen and oxygen atoms in total. The van der Waals surface area contributed by atoms with Crippen molar-refractivity contribution in [1.82, 2.24) is 0 Å². The van der Waals surface area contributed by atoms with Gasteiger partial charge in [-0.3, -0.25) is 4.79 Å². The summed E-state index contributed by atoms with van der Waals surface area (Å²) < 4.78 is 14.2. The van der Waals surface area contributed by atoms with Crippen LogP contribution >= 0.6 is 27.3 Å². The number of alkyl halides is 1. The number of carbonyl (C=O) groups is 1. The number of hydrogen-bond acceptors (Lipinski definition) is 2. The summed E-state index contributed by atoms with van der Waals surface area (Å²) in [6.07, 6.45) is 0. The smallest absolute Gasteiger partial charge is 0.186 e. The van der Waals surface area contributed by atoms with Gasteiger partial charge in [-0.25, -0.2) is 4.39 Å². The third kappa shape index (κ3) is 1.96. The lowest BCUT2D eigenvalue weighted by molar-refractivity contribution is 0.1000. The first kappa shape index (κ1) is 10.8. The van der Waals surface area contributed by atoms with Crippen molar-refractivity contribution in [3.05, 3.63) is 35.0 Å². The van der Waals surface area contributed by atoms with Crippen LogP contribution in [0.1, 0.15) is 16.6 Å². The summed E-state index contributed by atoms with van der Waals surface area (Å²) >= 11 is 4.54. The van der Waals surface area contributed by atoms with Gasteiger partial charge in [-0.05, 0) is 25.1 Å². The van der Waals surface area contributed by atoms with Crippen LogP contribution in [0.3, 0.4) is 0 Å². The van der Waals surface area contributed by atoms with E-state index in [4.69, 9.17) is 0 Å². The monoisotopic (exact) mass is 286 g/mol. The molecule has 1 unspecified atom stereocenters. The van der Waals surface area contributed by atoms with Crippen molar-refractivity contribution in [2.24, 2.45) is 0 Å². The standard InChI is InChI=1S/C11H8BrFOS/c1-6(12)11(14)10-5-7-8(13)3-2-4-9(7)15-10/h2-6H,1H3. The highest BCUT2D eigenvalue weighted by Crippen LogP contribution is 2.29. The summed E-state index contributed by atoms with van der Waals surface area (Å²) in [6.45, 7) is 1.77. The van der Waals surface area contributed by atoms with E-state index in [0.29, 0.717) is 10.3 Å². The van der Waals surface area contributed by atoms with Gasteiger partial charge in [0.2, 0.25) is 0 Å². The van der Waals surface area contributed by atoms with Gasteiger partial charge in [-0.2, -0.15) is 0 Å². The first-order valence-electron chi connectivity index (χ1n) is 4.46. The van der Waals surface area contributed by atoms with Gasteiger partial charge in [0, 0.05) is 10.1 Å². The van der Waals surface area contributed by atoms with E-state index in [-0.39, 0.29) is 16.4 Å². The minimum atomic E-state index is -0.273. The number of hydrogen-bond donors (Lipinski definition) is 0. The Bertz CT molecular complexity index is 518. The Morgan fingerprint density at radius 1 is 1.53 bits per heavy atom. The Hall–Kier alpha value is -0.740. The molecule has 15 heavy (non-hydrogen) atoms. The molecule has 0 saturated carbocycles. The maximum atomic E-state index is 13.3. The second kappa shape index (κ2) is 4.02. The molecule has 0 saturated heterocycles. The van der Waals surface area contributed by atoms with Crippen LogP contribution < -0.4 is 0 Å². The Kier molecular flexibility index (Phi) is 2.89. The highest BCUT2D eigenvalue weighted by molar-refractivity contribution is 9.10. The van der Waals surface area contributed by atoms with Crippen LogP contribution in [0.25, 0.3) is 10.1 Å². The maximum absolute atomic E-state index is 13.3. The molecule has 0 fully saturated rings. The molecule has 0 amide bonds. The van der Waals surface area contributed by atoms with Crippen LogP contribution in [0.4, 0.5) is 4.39 Å². The molecule has 0 spiro atoms. The van der Waals surface area contributed by atoms with E-state index in [1.807, 2.05) is 6.07 Å². The quantitative estimate of drug-likeness (QED) is 0.602. The van der Waals surface area contributed by atoms with Gasteiger partial charge in [0.05, 0.1) is 9.70 Å². The zero-order chi connectivity index (χ0) is 11.0. The summed E-state index contributed by atoms with van der Waals surface area (Å²) in [7, 11) is 0. The summed E-state index contributed by atoms with van der Waals surface area (Å²) in [5.41, 5.74) is 0. The molecule has 0 aliphatic carbocycles. The minimum Gasteiger partial charge on any atom is -0.292 e. The van der Waals surface area contributed by atoms with Crippen molar-refractivity contribution in [1.29, 1.82) is 0 Å². The molecule has 1 heterocycles. The van der Waals surface area contributed by atoms with Gasteiger partial charge in [-0.15, -0.1) is 11.3 Å². The zero-order valence-corrected chi connectivity index (χ0v) is 10.4. The Morgan fingerprint density at radius 2 is 2.27 bits per heavy atom. The maximum Gasteiger partial charge on any atom is 0.186 e. The molecular weight excluding hydrogens is 279 g/mol. The molecule has 0 radical (unpaired) electrons. The fourth-order valence-electron chi connectivity index (χ4n) is 1.34. The molecule has 1 atom stereocenters. The average molecular weight is 287 g/mol. The number of thiophene rings is 1. The van der Waals surface area contributed by atoms with E-state index in [9.17, 15) is 9.18 Å². The topological polar surface area (TPSA) is 17.1 Å². The number of carbonyl (C=O) groups excluding carboxylic acids is 1. The van der Waals surface area contributed by atoms with Gasteiger partial charge in [0.15, 0.2) is 5.78 Å². The minimum absolute atomic E-state index is 0.00407. The van der Waals surface area contributed by atoms with Crippen LogP contribution in [-0.2, 0) is 0 Å². The fraction of sp³-hybridized carbons (Fsp3) is 0.182. The normalized spacial score (nSPS) is 13.0. The Morgan fingerprint density at radius 3 is 2.87 bits per heavy atom. The van der Waals surface area contributed by atoms with E-state index in [0.717, 1.165) is 4.70 Å². The van der Waals surface area contributed by atoms with Crippen LogP contribution in [0.15, 0.2) is 24.3 Å². The van der Waals surface area contributed by atoms with Crippen LogP contribution in [-0.4, -0.2) is 10.6 Å². The molecule has 4 heteroatoms. The number of rotatable bonds is 2. The van der Waals surface area contributed by atoms with Crippen LogP contribution in [0.5, 0.6) is 0 Å². The van der Waals surface area contributed by atoms with Crippen molar-refractivity contribution < 1.29 is 9.18 Å². The molecule has 0 aliphatic rings. The number of ketones is 1. The van der Waals surface area contributed by atoms with Crippen molar-refractivity contribution in [2.75, 3.05) is 0 Å². The summed E-state index contributed by atoms with van der Waals surface area (Å²) in [5, 5.41) is 0.527. The lowest BCUT2D eigenvalue weighted by atomic mass is 10.2. The lowest BCUT2D eigenvalue weighted by Gasteiger charge is -1.96. The molecule has 0 bridgehead atoms. The first-order chi connectivity index (χ1) is 7.09. The number of halogens is 2. The third-order valence-electron chi connectivity index (χ3n) is 2.11. The molecule has 1 aromatic carbocycles. The van der Waals surface area contributed by atoms with Crippen molar-refractivity contribution in [2.45, 2.75) is 11.8 Å². The predicted octanol–water partition coefficient (Wildman–Crippen LogP) is 4.01. The first-order valence-corrected chi connectivity index (χ1v) is 6.19. The summed E-state index contributed by atoms with van der Waals surface area (Å²) in [5.74, 6) is -0.277. The zero-order valence-electron chi connectivity index (χ0n) is 7.96. The van der Waals surface area contributed by atoms with Crippen molar-refractivity contribution >= 4 is 43.1 Å². The largest absolute Gasteiger partial charge is 0.292 e. The number of Topliss-reactive ketones (excluding diaryl/α,β-unsaturated/α-hetero) is 1. The predicted molar refractivity (Wildman–Crippen MR) is 64.5 cm³/mol. The number of benzene rings is 1. The Balaban J connectivity index is 2.57. The average Bonchev–Trinajstić information content (AvgIpc) is 2.61. The van der Waals surface area contributed by atoms with Crippen LogP contribution in [0, 0.1) is 5.82 Å². The highest BCUT2D eigenvalue weighted by atomic mass is 79.9. The number of fused-ring (bicyclic) bond motifs is 1. The third-order valence-corrected chi connectivity index (χ3v) is 3.64. The van der Waals surface area contributed by atoms with Gasteiger partial charge in [-0.1, -0.05) is 22.0 Å². The second-order valence-electron chi connectivity index (χ2n) is 3.24. The van der Waals surface area contributed by atoms with Crippen LogP contribution in [0.2, 0.25) is 0 Å². The second-order valence-corrected chi connectivity index (χ2v) is 5.70. The Labute approximate surface area is 99.0 Å². The summed E-state index contributed by atoms with van der Waals surface area (Å²) in [4.78, 5) is 12.0. The molecule has 2 aromatic rings. The highest BCUT2D eigenvalue weighted by Gasteiger charge is 2.15. The molecule has 1 aromatic heterocycles. The van der Waals surface area contributed by atoms with Gasteiger partial charge in [0.25, 0.3) is 0 Å². The fourth-order valence-corrected chi connectivity index (χ4v) is 2.85. The lowest BCUT2D eigenvalue weighted by Crippen LogP contribution is -2.07. The van der Waals surface area contributed by atoms with Crippen molar-refractivity contribution in [3.8, 4) is 0 Å². The van der Waals surface area contributed by atoms with Crippen molar-refractivity contribution in [3.63, 3.8) is 0 Å². The van der Waals surface area contributed by atoms with Gasteiger partial charge < -0.3 is 0 Å². The molecule has 78 valence electrons. The van der Waals surface area contributed by atoms with Gasteiger partial charge >= 0.3 is 0 Å². The SMILES string of the molecule is CC(Br)C(=O)c1cc2c(F)cccc2s1. The van der Waals surface area contributed by atoms with Gasteiger partial charge in [0.1, 0.15) is 5.82 Å². The molecule has 0 aliphatic heterocycles. The molecule has 0 N–H and O–H groups in total. The molecule has 2 rings (SSSR count). The van der Waals surface area contributed by atoms with E-state index in [1.165, 1.54) is 17.4 Å². The summed E-state index contributed by atoms with van der Waals surface area (Å²) in [6, 6.07) is 6.50. The van der Waals surface area contributed by atoms with E-state index < -0.39 is 0 Å². The molecular formula is C11H8BrFOS.